The number of aliphatic hydroxyl groups excluding tert-OH is 1. The van der Waals surface area contributed by atoms with Gasteiger partial charge in [-0.2, -0.15) is 5.10 Å². The highest BCUT2D eigenvalue weighted by atomic mass is 16.5. The van der Waals surface area contributed by atoms with Gasteiger partial charge in [0.2, 0.25) is 0 Å². The maximum absolute atomic E-state index is 11.4. The predicted octanol–water partition coefficient (Wildman–Crippen LogP) is -0.0873. The highest BCUT2D eigenvalue weighted by Crippen LogP contribution is 2.20. The first-order valence-corrected chi connectivity index (χ1v) is 5.49. The fraction of sp³-hybridized carbons (Fsp3) is 0.636. The maximum Gasteiger partial charge on any atom is 0.258 e. The molecule has 2 N–H and O–H groups in total. The number of aryl methyl sites for hydroxylation is 2. The fourth-order valence-corrected chi connectivity index (χ4v) is 1.41. The summed E-state index contributed by atoms with van der Waals surface area (Å²) in [5, 5.41) is 15.7. The first-order chi connectivity index (χ1) is 7.91. The van der Waals surface area contributed by atoms with Crippen LogP contribution in [0.1, 0.15) is 18.3 Å². The molecule has 1 atom stereocenters. The number of aliphatic hydroxyl groups is 1. The van der Waals surface area contributed by atoms with Crippen molar-refractivity contribution in [1.82, 2.24) is 15.1 Å². The average molecular weight is 241 g/mol. The quantitative estimate of drug-likeness (QED) is 0.755. The number of hydrogen-bond donors (Lipinski definition) is 2. The third-order valence-electron chi connectivity index (χ3n) is 2.38. The van der Waals surface area contributed by atoms with E-state index in [9.17, 15) is 4.79 Å². The van der Waals surface area contributed by atoms with Crippen molar-refractivity contribution in [2.75, 3.05) is 13.2 Å². The van der Waals surface area contributed by atoms with Crippen molar-refractivity contribution in [2.45, 2.75) is 26.9 Å². The Bertz CT molecular complexity index is 399. The van der Waals surface area contributed by atoms with Crippen molar-refractivity contribution in [3.05, 3.63) is 11.4 Å². The number of aromatic nitrogens is 2. The summed E-state index contributed by atoms with van der Waals surface area (Å²) in [5.74, 6) is 0.383. The minimum absolute atomic E-state index is 0.0694. The molecule has 0 aliphatic carbocycles. The van der Waals surface area contributed by atoms with Crippen LogP contribution in [0.3, 0.4) is 0 Å². The van der Waals surface area contributed by atoms with Crippen LogP contribution in [0.25, 0.3) is 0 Å². The molecular weight excluding hydrogens is 222 g/mol. The second-order valence-electron chi connectivity index (χ2n) is 4.07. The van der Waals surface area contributed by atoms with Crippen LogP contribution in [0.15, 0.2) is 0 Å². The van der Waals surface area contributed by atoms with E-state index in [2.05, 4.69) is 10.4 Å². The molecule has 1 amide bonds. The van der Waals surface area contributed by atoms with Gasteiger partial charge in [-0.15, -0.1) is 0 Å². The van der Waals surface area contributed by atoms with E-state index < -0.39 is 6.10 Å². The number of amides is 1. The summed E-state index contributed by atoms with van der Waals surface area (Å²) < 4.78 is 7.11. The van der Waals surface area contributed by atoms with Gasteiger partial charge in [-0.25, -0.2) is 0 Å². The van der Waals surface area contributed by atoms with Gasteiger partial charge in [0.1, 0.15) is 5.69 Å². The molecule has 1 heterocycles. The molecule has 0 aliphatic heterocycles. The van der Waals surface area contributed by atoms with Crippen LogP contribution in [0, 0.1) is 13.8 Å². The van der Waals surface area contributed by atoms with E-state index in [4.69, 9.17) is 9.84 Å². The zero-order valence-corrected chi connectivity index (χ0v) is 10.6. The van der Waals surface area contributed by atoms with Crippen LogP contribution < -0.4 is 10.1 Å². The lowest BCUT2D eigenvalue weighted by molar-refractivity contribution is -0.123. The second-order valence-corrected chi connectivity index (χ2v) is 4.07. The Hall–Kier alpha value is -1.56. The topological polar surface area (TPSA) is 76.4 Å². The number of carbonyl (C=O) groups excluding carboxylic acids is 1. The first kappa shape index (κ1) is 13.5. The van der Waals surface area contributed by atoms with Crippen molar-refractivity contribution in [3.8, 4) is 5.75 Å². The molecule has 0 fully saturated rings. The largest absolute Gasteiger partial charge is 0.480 e. The lowest BCUT2D eigenvalue weighted by Gasteiger charge is -2.08. The molecule has 1 unspecified atom stereocenters. The third-order valence-corrected chi connectivity index (χ3v) is 2.38. The Kier molecular flexibility index (Phi) is 4.51. The van der Waals surface area contributed by atoms with Crippen LogP contribution in [0.5, 0.6) is 5.75 Å². The summed E-state index contributed by atoms with van der Waals surface area (Å²) in [6.07, 6.45) is -0.555. The van der Waals surface area contributed by atoms with Crippen molar-refractivity contribution < 1.29 is 14.6 Å². The molecule has 0 spiro atoms. The molecule has 0 radical (unpaired) electrons. The van der Waals surface area contributed by atoms with Crippen LogP contribution in [-0.4, -0.2) is 40.0 Å². The Balaban J connectivity index is 2.47. The number of ether oxygens (including phenoxy) is 1. The maximum atomic E-state index is 11.4. The second kappa shape index (κ2) is 5.67. The van der Waals surface area contributed by atoms with Crippen LogP contribution in [0.2, 0.25) is 0 Å². The summed E-state index contributed by atoms with van der Waals surface area (Å²) in [6, 6.07) is 0. The van der Waals surface area contributed by atoms with E-state index in [-0.39, 0.29) is 19.1 Å². The number of nitrogens with one attached hydrogen (secondary N) is 1. The van der Waals surface area contributed by atoms with Crippen LogP contribution in [0.4, 0.5) is 0 Å². The lowest BCUT2D eigenvalue weighted by atomic mass is 10.3. The van der Waals surface area contributed by atoms with E-state index in [1.165, 1.54) is 0 Å². The van der Waals surface area contributed by atoms with Crippen molar-refractivity contribution in [2.24, 2.45) is 7.05 Å². The molecule has 6 heteroatoms. The summed E-state index contributed by atoms with van der Waals surface area (Å²) >= 11 is 0. The van der Waals surface area contributed by atoms with Gasteiger partial charge in [0.25, 0.3) is 5.91 Å². The zero-order chi connectivity index (χ0) is 13.0. The lowest BCUT2D eigenvalue weighted by Crippen LogP contribution is -2.34. The molecule has 17 heavy (non-hydrogen) atoms. The van der Waals surface area contributed by atoms with E-state index >= 15 is 0 Å². The van der Waals surface area contributed by atoms with Crippen molar-refractivity contribution >= 4 is 5.91 Å². The van der Waals surface area contributed by atoms with Gasteiger partial charge < -0.3 is 15.2 Å². The Labute approximate surface area is 101 Å². The Morgan fingerprint density at radius 3 is 2.71 bits per heavy atom. The molecule has 1 aromatic heterocycles. The molecule has 1 aromatic rings. The van der Waals surface area contributed by atoms with Gasteiger partial charge in [-0.05, 0) is 20.8 Å². The third kappa shape index (κ3) is 3.74. The number of rotatable bonds is 5. The molecule has 6 nitrogen and oxygen atoms in total. The highest BCUT2D eigenvalue weighted by molar-refractivity contribution is 5.77. The van der Waals surface area contributed by atoms with Gasteiger partial charge in [-0.3, -0.25) is 9.48 Å². The zero-order valence-electron chi connectivity index (χ0n) is 10.6. The summed E-state index contributed by atoms with van der Waals surface area (Å²) in [7, 11) is 1.82. The summed E-state index contributed by atoms with van der Waals surface area (Å²) in [4.78, 5) is 11.4. The molecule has 0 saturated heterocycles. The van der Waals surface area contributed by atoms with E-state index in [1.54, 1.807) is 11.6 Å². The number of hydrogen-bond acceptors (Lipinski definition) is 4. The Morgan fingerprint density at radius 2 is 2.24 bits per heavy atom. The smallest absolute Gasteiger partial charge is 0.258 e. The number of nitrogens with zero attached hydrogens (tertiary/aromatic N) is 2. The first-order valence-electron chi connectivity index (χ1n) is 5.49. The van der Waals surface area contributed by atoms with Gasteiger partial charge in [-0.1, -0.05) is 0 Å². The average Bonchev–Trinajstić information content (AvgIpc) is 2.48. The Morgan fingerprint density at radius 1 is 1.59 bits per heavy atom. The predicted molar refractivity (Wildman–Crippen MR) is 62.9 cm³/mol. The van der Waals surface area contributed by atoms with Gasteiger partial charge in [0.05, 0.1) is 11.8 Å². The molecular formula is C11H19N3O3. The number of carbonyl (C=O) groups is 1. The molecule has 1 rings (SSSR count). The standard InChI is InChI=1S/C11H19N3O3/c1-7(15)5-12-10(16)6-17-11-8(2)13-14(4)9(11)3/h7,15H,5-6H2,1-4H3,(H,12,16). The van der Waals surface area contributed by atoms with Crippen molar-refractivity contribution in [1.29, 1.82) is 0 Å². The molecule has 0 aromatic carbocycles. The molecule has 0 saturated carbocycles. The highest BCUT2D eigenvalue weighted by Gasteiger charge is 2.12. The normalized spacial score (nSPS) is 12.3. The monoisotopic (exact) mass is 241 g/mol. The molecule has 0 aliphatic rings. The van der Waals surface area contributed by atoms with Gasteiger partial charge >= 0.3 is 0 Å². The fourth-order valence-electron chi connectivity index (χ4n) is 1.41. The summed E-state index contributed by atoms with van der Waals surface area (Å²) in [5.41, 5.74) is 1.64. The van der Waals surface area contributed by atoms with Crippen molar-refractivity contribution in [3.63, 3.8) is 0 Å². The van der Waals surface area contributed by atoms with Gasteiger partial charge in [0, 0.05) is 13.6 Å². The molecule has 96 valence electrons. The van der Waals surface area contributed by atoms with E-state index in [0.717, 1.165) is 11.4 Å². The van der Waals surface area contributed by atoms with Gasteiger partial charge in [0.15, 0.2) is 12.4 Å². The minimum atomic E-state index is -0.555. The van der Waals surface area contributed by atoms with E-state index in [0.29, 0.717) is 5.75 Å². The SMILES string of the molecule is Cc1nn(C)c(C)c1OCC(=O)NCC(C)O. The summed E-state index contributed by atoms with van der Waals surface area (Å²) in [6.45, 7) is 5.48. The van der Waals surface area contributed by atoms with Crippen LogP contribution >= 0.6 is 0 Å². The minimum Gasteiger partial charge on any atom is -0.480 e. The van der Waals surface area contributed by atoms with E-state index in [1.807, 2.05) is 20.9 Å². The molecule has 0 bridgehead atoms. The van der Waals surface area contributed by atoms with Crippen LogP contribution in [-0.2, 0) is 11.8 Å².